The summed E-state index contributed by atoms with van der Waals surface area (Å²) in [7, 11) is 0. The van der Waals surface area contributed by atoms with Crippen molar-refractivity contribution in [2.24, 2.45) is 0 Å². The van der Waals surface area contributed by atoms with Crippen molar-refractivity contribution in [1.29, 1.82) is 0 Å². The Labute approximate surface area is 126 Å². The molecule has 0 radical (unpaired) electrons. The molecule has 4 nitrogen and oxygen atoms in total. The molecule has 0 saturated heterocycles. The van der Waals surface area contributed by atoms with E-state index in [4.69, 9.17) is 5.11 Å². The first-order valence-corrected chi connectivity index (χ1v) is 6.10. The van der Waals surface area contributed by atoms with E-state index in [1.807, 2.05) is 5.32 Å². The highest BCUT2D eigenvalue weighted by Gasteiger charge is 2.30. The number of alkyl halides is 3. The number of benzene rings is 2. The van der Waals surface area contributed by atoms with Gasteiger partial charge >= 0.3 is 12.2 Å². The standard InChI is InChI=1S/C14H9F5N2O2/c15-10-5-9(6-11(16)12(10)22)21-13(23)20-8-3-1-2-7(4-8)14(17,18)19/h1-6,22H,(H2,20,21,23). The molecule has 2 aromatic carbocycles. The summed E-state index contributed by atoms with van der Waals surface area (Å²) < 4.78 is 63.9. The molecule has 0 aliphatic heterocycles. The number of phenolic OH excluding ortho intramolecular Hbond substituents is 1. The van der Waals surface area contributed by atoms with E-state index in [1.54, 1.807) is 0 Å². The Balaban J connectivity index is 2.11. The molecule has 2 amide bonds. The zero-order valence-corrected chi connectivity index (χ0v) is 11.2. The Hall–Kier alpha value is -2.84. The summed E-state index contributed by atoms with van der Waals surface area (Å²) in [4.78, 5) is 11.6. The van der Waals surface area contributed by atoms with Crippen molar-refractivity contribution in [3.05, 3.63) is 53.6 Å². The lowest BCUT2D eigenvalue weighted by Gasteiger charge is -2.11. The Morgan fingerprint density at radius 2 is 1.52 bits per heavy atom. The first-order valence-electron chi connectivity index (χ1n) is 6.10. The van der Waals surface area contributed by atoms with Gasteiger partial charge in [0.05, 0.1) is 5.56 Å². The maximum Gasteiger partial charge on any atom is 0.416 e. The van der Waals surface area contributed by atoms with Gasteiger partial charge in [-0.15, -0.1) is 0 Å². The van der Waals surface area contributed by atoms with Crippen LogP contribution in [0, 0.1) is 11.6 Å². The number of hydrogen-bond donors (Lipinski definition) is 3. The summed E-state index contributed by atoms with van der Waals surface area (Å²) in [5.41, 5.74) is -1.43. The van der Waals surface area contributed by atoms with Gasteiger partial charge in [-0.2, -0.15) is 13.2 Å². The lowest BCUT2D eigenvalue weighted by Crippen LogP contribution is -2.20. The lowest BCUT2D eigenvalue weighted by molar-refractivity contribution is -0.137. The minimum Gasteiger partial charge on any atom is -0.503 e. The topological polar surface area (TPSA) is 61.4 Å². The zero-order valence-electron chi connectivity index (χ0n) is 11.2. The van der Waals surface area contributed by atoms with Gasteiger partial charge in [-0.05, 0) is 18.2 Å². The van der Waals surface area contributed by atoms with Crippen molar-refractivity contribution >= 4 is 17.4 Å². The van der Waals surface area contributed by atoms with Gasteiger partial charge < -0.3 is 15.7 Å². The zero-order chi connectivity index (χ0) is 17.2. The number of phenols is 1. The summed E-state index contributed by atoms with van der Waals surface area (Å²) >= 11 is 0. The van der Waals surface area contributed by atoms with Crippen molar-refractivity contribution in [2.75, 3.05) is 10.6 Å². The van der Waals surface area contributed by atoms with Crippen LogP contribution >= 0.6 is 0 Å². The quantitative estimate of drug-likeness (QED) is 0.566. The van der Waals surface area contributed by atoms with Crippen LogP contribution in [0.2, 0.25) is 0 Å². The normalized spacial score (nSPS) is 11.2. The Morgan fingerprint density at radius 3 is 2.09 bits per heavy atom. The Morgan fingerprint density at radius 1 is 0.957 bits per heavy atom. The predicted octanol–water partition coefficient (Wildman–Crippen LogP) is 4.33. The van der Waals surface area contributed by atoms with E-state index < -0.39 is 35.2 Å². The number of hydrogen-bond acceptors (Lipinski definition) is 2. The summed E-state index contributed by atoms with van der Waals surface area (Å²) in [6.45, 7) is 0. The molecule has 0 aliphatic carbocycles. The second kappa shape index (κ2) is 6.11. The van der Waals surface area contributed by atoms with Crippen LogP contribution in [0.5, 0.6) is 5.75 Å². The molecule has 0 aromatic heterocycles. The van der Waals surface area contributed by atoms with Crippen molar-refractivity contribution < 1.29 is 31.9 Å². The van der Waals surface area contributed by atoms with Gasteiger partial charge in [0.2, 0.25) is 0 Å². The van der Waals surface area contributed by atoms with Gasteiger partial charge in [-0.3, -0.25) is 0 Å². The number of rotatable bonds is 2. The van der Waals surface area contributed by atoms with Crippen LogP contribution in [0.3, 0.4) is 0 Å². The van der Waals surface area contributed by atoms with E-state index in [0.717, 1.165) is 12.1 Å². The average molecular weight is 332 g/mol. The van der Waals surface area contributed by atoms with Gasteiger partial charge in [-0.25, -0.2) is 13.6 Å². The molecule has 0 saturated carbocycles. The predicted molar refractivity (Wildman–Crippen MR) is 72.1 cm³/mol. The molecule has 0 atom stereocenters. The molecule has 0 bridgehead atoms. The fraction of sp³-hybridized carbons (Fsp3) is 0.0714. The summed E-state index contributed by atoms with van der Waals surface area (Å²) in [6, 6.07) is 4.15. The minimum absolute atomic E-state index is 0.156. The molecule has 2 aromatic rings. The van der Waals surface area contributed by atoms with Crippen LogP contribution < -0.4 is 10.6 Å². The molecule has 9 heteroatoms. The SMILES string of the molecule is O=C(Nc1cccc(C(F)(F)F)c1)Nc1cc(F)c(O)c(F)c1. The van der Waals surface area contributed by atoms with Gasteiger partial charge in [0, 0.05) is 23.5 Å². The average Bonchev–Trinajstić information content (AvgIpc) is 2.44. The van der Waals surface area contributed by atoms with Crippen LogP contribution in [0.15, 0.2) is 36.4 Å². The molecule has 0 unspecified atom stereocenters. The van der Waals surface area contributed by atoms with Crippen molar-refractivity contribution in [2.45, 2.75) is 6.18 Å². The highest BCUT2D eigenvalue weighted by molar-refractivity contribution is 5.99. The lowest BCUT2D eigenvalue weighted by atomic mass is 10.2. The van der Waals surface area contributed by atoms with Gasteiger partial charge in [0.25, 0.3) is 0 Å². The Kier molecular flexibility index (Phi) is 4.39. The van der Waals surface area contributed by atoms with Crippen LogP contribution in [-0.2, 0) is 6.18 Å². The molecule has 0 fully saturated rings. The molecule has 0 heterocycles. The number of carbonyl (C=O) groups excluding carboxylic acids is 1. The summed E-state index contributed by atoms with van der Waals surface area (Å²) in [5.74, 6) is -3.78. The van der Waals surface area contributed by atoms with Crippen molar-refractivity contribution in [3.8, 4) is 5.75 Å². The van der Waals surface area contributed by atoms with Gasteiger partial charge in [-0.1, -0.05) is 6.07 Å². The molecule has 0 spiro atoms. The van der Waals surface area contributed by atoms with E-state index in [2.05, 4.69) is 5.32 Å². The fourth-order valence-corrected chi connectivity index (χ4v) is 1.70. The van der Waals surface area contributed by atoms with Crippen LogP contribution in [0.4, 0.5) is 38.1 Å². The molecular weight excluding hydrogens is 323 g/mol. The molecule has 23 heavy (non-hydrogen) atoms. The van der Waals surface area contributed by atoms with Crippen LogP contribution in [0.1, 0.15) is 5.56 Å². The second-order valence-electron chi connectivity index (χ2n) is 4.45. The second-order valence-corrected chi connectivity index (χ2v) is 4.45. The van der Waals surface area contributed by atoms with E-state index in [9.17, 15) is 26.7 Å². The third-order valence-electron chi connectivity index (χ3n) is 2.72. The number of nitrogens with one attached hydrogen (secondary N) is 2. The highest BCUT2D eigenvalue weighted by atomic mass is 19.4. The maximum absolute atomic E-state index is 13.1. The molecule has 2 rings (SSSR count). The minimum atomic E-state index is -4.57. The van der Waals surface area contributed by atoms with E-state index in [0.29, 0.717) is 18.2 Å². The molecule has 0 aliphatic rings. The summed E-state index contributed by atoms with van der Waals surface area (Å²) in [6.07, 6.45) is -4.57. The number of carbonyl (C=O) groups is 1. The van der Waals surface area contributed by atoms with Gasteiger partial charge in [0.1, 0.15) is 0 Å². The van der Waals surface area contributed by atoms with Gasteiger partial charge in [0.15, 0.2) is 17.4 Å². The van der Waals surface area contributed by atoms with Crippen LogP contribution in [0.25, 0.3) is 0 Å². The highest BCUT2D eigenvalue weighted by Crippen LogP contribution is 2.30. The van der Waals surface area contributed by atoms with Crippen LogP contribution in [-0.4, -0.2) is 11.1 Å². The monoisotopic (exact) mass is 332 g/mol. The number of anilines is 2. The number of amides is 2. The third-order valence-corrected chi connectivity index (χ3v) is 2.72. The van der Waals surface area contributed by atoms with Crippen molar-refractivity contribution in [1.82, 2.24) is 0 Å². The van der Waals surface area contributed by atoms with E-state index >= 15 is 0 Å². The first-order chi connectivity index (χ1) is 10.7. The number of halogens is 5. The third kappa shape index (κ3) is 4.09. The first kappa shape index (κ1) is 16.5. The molecular formula is C14H9F5N2O2. The van der Waals surface area contributed by atoms with Crippen molar-refractivity contribution in [3.63, 3.8) is 0 Å². The maximum atomic E-state index is 13.1. The molecule has 3 N–H and O–H groups in total. The number of urea groups is 1. The Bertz CT molecular complexity index is 723. The van der Waals surface area contributed by atoms with E-state index in [-0.39, 0.29) is 11.4 Å². The van der Waals surface area contributed by atoms with E-state index in [1.165, 1.54) is 6.07 Å². The largest absolute Gasteiger partial charge is 0.503 e. The smallest absolute Gasteiger partial charge is 0.416 e. The summed E-state index contributed by atoms with van der Waals surface area (Å²) in [5, 5.41) is 13.1. The fourth-order valence-electron chi connectivity index (χ4n) is 1.70. The number of aromatic hydroxyl groups is 1. The molecule has 122 valence electrons.